The molecule has 1 aliphatic heterocycles. The second-order valence-corrected chi connectivity index (χ2v) is 16.1. The zero-order valence-corrected chi connectivity index (χ0v) is 36.0. The highest BCUT2D eigenvalue weighted by molar-refractivity contribution is 5.99. The summed E-state index contributed by atoms with van der Waals surface area (Å²) in [6.07, 6.45) is 0.00700. The Kier molecular flexibility index (Phi) is 16.7. The predicted molar refractivity (Wildman–Crippen MR) is 237 cm³/mol. The number of aliphatic hydroxyl groups excluding tert-OH is 1. The van der Waals surface area contributed by atoms with E-state index in [0.29, 0.717) is 23.1 Å². The second kappa shape index (κ2) is 22.3. The fraction of sp³-hybridized carbons (Fsp3) is 0.378. The number of fused-ring (bicyclic) bond motifs is 1. The summed E-state index contributed by atoms with van der Waals surface area (Å²) in [6.45, 7) is 2.84. The van der Waals surface area contributed by atoms with Crippen LogP contribution in [0.3, 0.4) is 0 Å². The summed E-state index contributed by atoms with van der Waals surface area (Å²) in [7, 11) is 0. The molecule has 14 N–H and O–H groups in total. The highest BCUT2D eigenvalue weighted by atomic mass is 16.3. The van der Waals surface area contributed by atoms with Gasteiger partial charge in [-0.1, -0.05) is 60.7 Å². The van der Waals surface area contributed by atoms with Crippen molar-refractivity contribution in [1.82, 2.24) is 36.5 Å². The van der Waals surface area contributed by atoms with Crippen LogP contribution < -0.4 is 43.8 Å². The van der Waals surface area contributed by atoms with Gasteiger partial charge >= 0.3 is 0 Å². The number of aromatic hydroxyl groups is 1. The third-order valence-electron chi connectivity index (χ3n) is 11.1. The zero-order valence-electron chi connectivity index (χ0n) is 36.0. The first kappa shape index (κ1) is 48.7. The number of hydrogen-bond acceptors (Lipinski definition) is 11. The first-order valence-electron chi connectivity index (χ1n) is 21.1. The Balaban J connectivity index is 1.30. The number of aliphatic hydroxyl groups is 1. The quantitative estimate of drug-likeness (QED) is 0.0453. The van der Waals surface area contributed by atoms with Gasteiger partial charge in [0.2, 0.25) is 47.3 Å². The Bertz CT molecular complexity index is 2360. The van der Waals surface area contributed by atoms with Crippen LogP contribution in [-0.4, -0.2) is 122 Å². The van der Waals surface area contributed by atoms with Crippen LogP contribution in [0.25, 0.3) is 10.9 Å². The lowest BCUT2D eigenvalue weighted by Crippen LogP contribution is -2.62. The van der Waals surface area contributed by atoms with Gasteiger partial charge in [-0.05, 0) is 68.0 Å². The van der Waals surface area contributed by atoms with Crippen molar-refractivity contribution >= 4 is 58.2 Å². The number of primary amides is 2. The third-order valence-corrected chi connectivity index (χ3v) is 11.1. The van der Waals surface area contributed by atoms with Crippen LogP contribution in [0.1, 0.15) is 49.8 Å². The van der Waals surface area contributed by atoms with Gasteiger partial charge < -0.3 is 63.9 Å². The molecule has 65 heavy (non-hydrogen) atoms. The number of aromatic amines is 1. The number of nitrogens with two attached hydrogens (primary N) is 3. The van der Waals surface area contributed by atoms with Crippen molar-refractivity contribution in [2.45, 2.75) is 101 Å². The first-order valence-corrected chi connectivity index (χ1v) is 21.1. The lowest BCUT2D eigenvalue weighted by atomic mass is 10.0. The number of phenols is 1. The molecule has 4 aromatic rings. The molecule has 0 bridgehead atoms. The molecule has 8 atom stereocenters. The number of benzene rings is 3. The maximum absolute atomic E-state index is 14.2. The number of rotatable bonds is 21. The molecule has 0 saturated carbocycles. The Labute approximate surface area is 374 Å². The molecule has 0 aliphatic carbocycles. The molecular formula is C45H56N10O10. The smallest absolute Gasteiger partial charge is 0.245 e. The molecule has 2 heterocycles. The molecule has 20 nitrogen and oxygen atoms in total. The van der Waals surface area contributed by atoms with Gasteiger partial charge in [-0.25, -0.2) is 0 Å². The van der Waals surface area contributed by atoms with Crippen molar-refractivity contribution < 1.29 is 48.6 Å². The van der Waals surface area contributed by atoms with Gasteiger partial charge in [0.05, 0.1) is 18.6 Å². The van der Waals surface area contributed by atoms with E-state index in [-0.39, 0.29) is 38.0 Å². The number of phenolic OH excluding ortho intramolecular Hbond substituents is 1. The summed E-state index contributed by atoms with van der Waals surface area (Å²) < 4.78 is 0. The van der Waals surface area contributed by atoms with E-state index < -0.39 is 102 Å². The number of aromatic nitrogens is 1. The predicted octanol–water partition coefficient (Wildman–Crippen LogP) is -1.59. The van der Waals surface area contributed by atoms with E-state index in [4.69, 9.17) is 17.2 Å². The Morgan fingerprint density at radius 2 is 1.35 bits per heavy atom. The SMILES string of the molecule is C[C@H](NC(=O)[C@@H](N)Cc1ccc(O)cc1)C(=O)N1CCC[C@H]1C(=O)N[C@@H](Cc1c[nH]c2ccccc12)C(=O)N[C@H](C(=O)N[C@@H](CC(N)=O)C(=O)N[C@@H](Cc1ccccc1)C(N)=O)[C@@H](C)O. The van der Waals surface area contributed by atoms with Crippen LogP contribution >= 0.6 is 0 Å². The standard InChI is InChI=1S/C45H56N10O10/c1-24(50-40(60)31(46)19-27-14-16-29(57)17-15-27)45(65)55-18-8-13-36(55)43(63)52-34(21-28-23-49-32-12-7-6-11-30(28)32)42(62)54-38(25(2)56)44(64)53-35(22-37(47)58)41(61)51-33(39(48)59)20-26-9-4-3-5-10-26/h3-7,9-12,14-17,23-25,31,33-36,38,49,56-57H,8,13,18-22,46H2,1-2H3,(H2,47,58)(H2,48,59)(H,50,60)(H,51,61)(H,52,63)(H,53,64)(H,54,62)/t24-,25+,31-,33-,34-,35-,36-,38-/m0/s1. The maximum atomic E-state index is 14.2. The van der Waals surface area contributed by atoms with Crippen molar-refractivity contribution in [3.63, 3.8) is 0 Å². The lowest BCUT2D eigenvalue weighted by molar-refractivity contribution is -0.142. The summed E-state index contributed by atoms with van der Waals surface area (Å²) in [5.74, 6) is -6.70. The number of likely N-dealkylation sites (tertiary alicyclic amines) is 1. The molecular weight excluding hydrogens is 841 g/mol. The lowest BCUT2D eigenvalue weighted by Gasteiger charge is -2.30. The fourth-order valence-corrected chi connectivity index (χ4v) is 7.59. The highest BCUT2D eigenvalue weighted by Crippen LogP contribution is 2.22. The van der Waals surface area contributed by atoms with Crippen LogP contribution in [0, 0.1) is 0 Å². The number of amides is 8. The fourth-order valence-electron chi connectivity index (χ4n) is 7.59. The van der Waals surface area contributed by atoms with Crippen molar-refractivity contribution in [3.8, 4) is 5.75 Å². The molecule has 0 unspecified atom stereocenters. The molecule has 346 valence electrons. The van der Waals surface area contributed by atoms with E-state index >= 15 is 0 Å². The van der Waals surface area contributed by atoms with Crippen molar-refractivity contribution in [2.75, 3.05) is 6.54 Å². The average molecular weight is 897 g/mol. The molecule has 8 amide bonds. The van der Waals surface area contributed by atoms with E-state index in [1.165, 1.54) is 30.9 Å². The summed E-state index contributed by atoms with van der Waals surface area (Å²) >= 11 is 0. The summed E-state index contributed by atoms with van der Waals surface area (Å²) in [6, 6.07) is 12.8. The topological polar surface area (TPSA) is 334 Å². The number of nitrogens with one attached hydrogen (secondary N) is 6. The maximum Gasteiger partial charge on any atom is 0.245 e. The van der Waals surface area contributed by atoms with Gasteiger partial charge in [0.25, 0.3) is 0 Å². The van der Waals surface area contributed by atoms with Crippen LogP contribution in [0.4, 0.5) is 0 Å². The highest BCUT2D eigenvalue weighted by Gasteiger charge is 2.39. The molecule has 0 radical (unpaired) electrons. The molecule has 5 rings (SSSR count). The minimum Gasteiger partial charge on any atom is -0.508 e. The van der Waals surface area contributed by atoms with Gasteiger partial charge in [0.1, 0.15) is 42.0 Å². The van der Waals surface area contributed by atoms with Crippen molar-refractivity contribution in [1.29, 1.82) is 0 Å². The first-order chi connectivity index (χ1) is 30.9. The molecule has 0 spiro atoms. The molecule has 1 fully saturated rings. The molecule has 1 saturated heterocycles. The second-order valence-electron chi connectivity index (χ2n) is 16.1. The van der Waals surface area contributed by atoms with Crippen molar-refractivity contribution in [2.24, 2.45) is 17.2 Å². The zero-order chi connectivity index (χ0) is 47.4. The molecule has 20 heteroatoms. The third kappa shape index (κ3) is 13.3. The van der Waals surface area contributed by atoms with Gasteiger partial charge in [0.15, 0.2) is 0 Å². The van der Waals surface area contributed by atoms with Crippen LogP contribution in [-0.2, 0) is 57.6 Å². The van der Waals surface area contributed by atoms with Crippen LogP contribution in [0.15, 0.2) is 85.1 Å². The number of nitrogens with zero attached hydrogens (tertiary/aromatic N) is 1. The summed E-state index contributed by atoms with van der Waals surface area (Å²) in [4.78, 5) is 111. The van der Waals surface area contributed by atoms with Crippen LogP contribution in [0.2, 0.25) is 0 Å². The summed E-state index contributed by atoms with van der Waals surface area (Å²) in [5.41, 5.74) is 19.8. The monoisotopic (exact) mass is 896 g/mol. The van der Waals surface area contributed by atoms with E-state index in [2.05, 4.69) is 31.6 Å². The number of carbonyl (C=O) groups is 8. The van der Waals surface area contributed by atoms with E-state index in [0.717, 1.165) is 10.9 Å². The number of hydrogen-bond donors (Lipinski definition) is 11. The van der Waals surface area contributed by atoms with Gasteiger partial charge in [-0.2, -0.15) is 0 Å². The minimum absolute atomic E-state index is 0.00482. The number of carbonyl (C=O) groups excluding carboxylic acids is 8. The van der Waals surface area contributed by atoms with Gasteiger partial charge in [0, 0.05) is 36.5 Å². The molecule has 1 aromatic heterocycles. The molecule has 1 aliphatic rings. The summed E-state index contributed by atoms with van der Waals surface area (Å²) in [5, 5.41) is 33.7. The minimum atomic E-state index is -1.75. The van der Waals surface area contributed by atoms with Crippen LogP contribution in [0.5, 0.6) is 5.75 Å². The van der Waals surface area contributed by atoms with Gasteiger partial charge in [-0.15, -0.1) is 0 Å². The van der Waals surface area contributed by atoms with E-state index in [1.54, 1.807) is 60.8 Å². The largest absolute Gasteiger partial charge is 0.508 e. The Morgan fingerprint density at radius 3 is 2.02 bits per heavy atom. The van der Waals surface area contributed by atoms with E-state index in [9.17, 15) is 48.6 Å². The Hall–Kier alpha value is -7.32. The Morgan fingerprint density at radius 1 is 0.723 bits per heavy atom. The normalized spacial score (nSPS) is 16.7. The van der Waals surface area contributed by atoms with Crippen molar-refractivity contribution in [3.05, 3.63) is 102 Å². The van der Waals surface area contributed by atoms with Gasteiger partial charge in [-0.3, -0.25) is 38.4 Å². The number of para-hydroxylation sites is 1. The van der Waals surface area contributed by atoms with E-state index in [1.807, 2.05) is 12.1 Å². The molecule has 3 aromatic carbocycles. The number of H-pyrrole nitrogens is 1. The average Bonchev–Trinajstić information content (AvgIpc) is 3.93.